The number of aromatic amines is 1. The molecule has 0 bridgehead atoms. The van der Waals surface area contributed by atoms with Gasteiger partial charge in [0.25, 0.3) is 0 Å². The lowest BCUT2D eigenvalue weighted by Crippen LogP contribution is -2.00. The number of H-pyrrole nitrogens is 1. The van der Waals surface area contributed by atoms with E-state index in [1.165, 1.54) is 12.1 Å². The average Bonchev–Trinajstić information content (AvgIpc) is 1.85. The Hall–Kier alpha value is -1.21. The monoisotopic (exact) mass is 152 g/mol. The molecule has 0 spiro atoms. The summed E-state index contributed by atoms with van der Waals surface area (Å²) in [4.78, 5) is 13.3. The molecule has 1 N–H and O–H groups in total. The maximum atomic E-state index is 10.6. The first kappa shape index (κ1) is 6.90. The molecule has 0 aliphatic carbocycles. The number of nitriles is 1. The van der Waals surface area contributed by atoms with Crippen molar-refractivity contribution in [2.75, 3.05) is 0 Å². The molecule has 10 heavy (non-hydrogen) atoms. The molecule has 0 fully saturated rings. The highest BCUT2D eigenvalue weighted by molar-refractivity contribution is 7.80. The van der Waals surface area contributed by atoms with Gasteiger partial charge in [0.05, 0.1) is 5.03 Å². The molecular formula is C6H4N2OS. The van der Waals surface area contributed by atoms with E-state index in [0.29, 0.717) is 5.03 Å². The molecule has 0 aliphatic heterocycles. The van der Waals surface area contributed by atoms with Crippen LogP contribution in [-0.2, 0) is 0 Å². The molecule has 1 aromatic rings. The first-order chi connectivity index (χ1) is 4.72. The maximum Gasteiger partial charge on any atom is 0.184 e. The van der Waals surface area contributed by atoms with Gasteiger partial charge in [0, 0.05) is 12.1 Å². The minimum atomic E-state index is -0.208. The second-order valence-electron chi connectivity index (χ2n) is 1.73. The van der Waals surface area contributed by atoms with E-state index in [2.05, 4.69) is 17.6 Å². The molecule has 50 valence electrons. The van der Waals surface area contributed by atoms with Gasteiger partial charge in [0.2, 0.25) is 0 Å². The van der Waals surface area contributed by atoms with Crippen molar-refractivity contribution >= 4 is 12.6 Å². The molecule has 0 amide bonds. The minimum Gasteiger partial charge on any atom is -0.342 e. The average molecular weight is 152 g/mol. The minimum absolute atomic E-state index is 0.208. The Bertz CT molecular complexity index is 336. The lowest BCUT2D eigenvalue weighted by Gasteiger charge is -1.89. The highest BCUT2D eigenvalue weighted by Crippen LogP contribution is 1.96. The van der Waals surface area contributed by atoms with Crippen molar-refractivity contribution in [1.29, 1.82) is 5.26 Å². The van der Waals surface area contributed by atoms with Crippen molar-refractivity contribution < 1.29 is 0 Å². The van der Waals surface area contributed by atoms with Crippen LogP contribution in [0.2, 0.25) is 0 Å². The summed E-state index contributed by atoms with van der Waals surface area (Å²) in [6.07, 6.45) is 0. The zero-order chi connectivity index (χ0) is 7.56. The third-order valence-electron chi connectivity index (χ3n) is 0.949. The molecule has 0 saturated carbocycles. The van der Waals surface area contributed by atoms with E-state index in [1.807, 2.05) is 0 Å². The first-order valence-electron chi connectivity index (χ1n) is 2.56. The van der Waals surface area contributed by atoms with Crippen LogP contribution in [-0.4, -0.2) is 4.98 Å². The number of rotatable bonds is 0. The van der Waals surface area contributed by atoms with Crippen molar-refractivity contribution in [3.63, 3.8) is 0 Å². The van der Waals surface area contributed by atoms with Gasteiger partial charge in [-0.2, -0.15) is 5.26 Å². The van der Waals surface area contributed by atoms with E-state index < -0.39 is 0 Å². The lowest BCUT2D eigenvalue weighted by atomic mass is 10.4. The van der Waals surface area contributed by atoms with Gasteiger partial charge in [-0.15, -0.1) is 12.6 Å². The van der Waals surface area contributed by atoms with Gasteiger partial charge in [-0.25, -0.2) is 0 Å². The van der Waals surface area contributed by atoms with E-state index in [9.17, 15) is 4.79 Å². The van der Waals surface area contributed by atoms with Crippen molar-refractivity contribution in [1.82, 2.24) is 4.98 Å². The second kappa shape index (κ2) is 2.58. The topological polar surface area (TPSA) is 56.6 Å². The Balaban J connectivity index is 3.36. The number of pyridine rings is 1. The summed E-state index contributed by atoms with van der Waals surface area (Å²) < 4.78 is 0. The second-order valence-corrected chi connectivity index (χ2v) is 2.21. The SMILES string of the molecule is N#Cc1cc(=O)cc(S)[nH]1. The number of hydrogen-bond acceptors (Lipinski definition) is 3. The number of thiol groups is 1. The maximum absolute atomic E-state index is 10.6. The number of hydrogen-bond donors (Lipinski definition) is 2. The van der Waals surface area contributed by atoms with Gasteiger partial charge >= 0.3 is 0 Å². The molecule has 1 aromatic heterocycles. The fourth-order valence-corrected chi connectivity index (χ4v) is 0.837. The standard InChI is InChI=1S/C6H4N2OS/c7-3-4-1-5(9)2-6(10)8-4/h1-2H,(H2,8,9,10). The van der Waals surface area contributed by atoms with Gasteiger partial charge in [-0.3, -0.25) is 4.79 Å². The van der Waals surface area contributed by atoms with Crippen molar-refractivity contribution in [3.8, 4) is 6.07 Å². The van der Waals surface area contributed by atoms with Crippen molar-refractivity contribution in [2.24, 2.45) is 0 Å². The molecule has 0 radical (unpaired) electrons. The van der Waals surface area contributed by atoms with Crippen LogP contribution < -0.4 is 5.43 Å². The largest absolute Gasteiger partial charge is 0.342 e. The fourth-order valence-electron chi connectivity index (χ4n) is 0.589. The van der Waals surface area contributed by atoms with Gasteiger partial charge in [-0.05, 0) is 0 Å². The predicted octanol–water partition coefficient (Wildman–Crippen LogP) is 0.535. The summed E-state index contributed by atoms with van der Waals surface area (Å²) in [7, 11) is 0. The normalized spacial score (nSPS) is 8.80. The lowest BCUT2D eigenvalue weighted by molar-refractivity contribution is 1.10. The molecule has 1 heterocycles. The van der Waals surface area contributed by atoms with E-state index in [4.69, 9.17) is 5.26 Å². The Morgan fingerprint density at radius 3 is 2.80 bits per heavy atom. The van der Waals surface area contributed by atoms with Crippen molar-refractivity contribution in [2.45, 2.75) is 5.03 Å². The summed E-state index contributed by atoms with van der Waals surface area (Å²) in [6, 6.07) is 4.34. The van der Waals surface area contributed by atoms with Crippen LogP contribution in [0, 0.1) is 11.3 Å². The van der Waals surface area contributed by atoms with Crippen LogP contribution in [0.1, 0.15) is 5.69 Å². The van der Waals surface area contributed by atoms with Gasteiger partial charge in [-0.1, -0.05) is 0 Å². The van der Waals surface area contributed by atoms with Crippen LogP contribution in [0.4, 0.5) is 0 Å². The van der Waals surface area contributed by atoms with E-state index in [0.717, 1.165) is 0 Å². The Morgan fingerprint density at radius 1 is 1.60 bits per heavy atom. The third-order valence-corrected chi connectivity index (χ3v) is 1.19. The first-order valence-corrected chi connectivity index (χ1v) is 3.00. The van der Waals surface area contributed by atoms with Crippen LogP contribution in [0.15, 0.2) is 22.0 Å². The molecule has 4 heteroatoms. The van der Waals surface area contributed by atoms with Crippen LogP contribution in [0.25, 0.3) is 0 Å². The van der Waals surface area contributed by atoms with Crippen LogP contribution in [0.5, 0.6) is 0 Å². The Morgan fingerprint density at radius 2 is 2.30 bits per heavy atom. The van der Waals surface area contributed by atoms with E-state index in [1.54, 1.807) is 6.07 Å². The van der Waals surface area contributed by atoms with Crippen molar-refractivity contribution in [3.05, 3.63) is 28.0 Å². The highest BCUT2D eigenvalue weighted by Gasteiger charge is 1.92. The zero-order valence-electron chi connectivity index (χ0n) is 4.96. The van der Waals surface area contributed by atoms with Gasteiger partial charge in [0.15, 0.2) is 5.43 Å². The fraction of sp³-hybridized carbons (Fsp3) is 0. The zero-order valence-corrected chi connectivity index (χ0v) is 5.85. The number of nitrogens with one attached hydrogen (secondary N) is 1. The molecular weight excluding hydrogens is 148 g/mol. The van der Waals surface area contributed by atoms with Crippen LogP contribution in [0.3, 0.4) is 0 Å². The molecule has 3 nitrogen and oxygen atoms in total. The Labute approximate surface area is 62.7 Å². The predicted molar refractivity (Wildman–Crippen MR) is 39.0 cm³/mol. The molecule has 0 unspecified atom stereocenters. The summed E-state index contributed by atoms with van der Waals surface area (Å²) in [6.45, 7) is 0. The molecule has 0 atom stereocenters. The van der Waals surface area contributed by atoms with E-state index >= 15 is 0 Å². The molecule has 0 aliphatic rings. The Kier molecular flexibility index (Phi) is 1.78. The van der Waals surface area contributed by atoms with Crippen LogP contribution >= 0.6 is 12.6 Å². The summed E-state index contributed by atoms with van der Waals surface area (Å²) in [5, 5.41) is 8.74. The smallest absolute Gasteiger partial charge is 0.184 e. The van der Waals surface area contributed by atoms with Gasteiger partial charge in [0.1, 0.15) is 11.8 Å². The molecule has 0 saturated heterocycles. The number of nitrogens with zero attached hydrogens (tertiary/aromatic N) is 1. The van der Waals surface area contributed by atoms with E-state index in [-0.39, 0.29) is 11.1 Å². The quantitative estimate of drug-likeness (QED) is 0.533. The highest BCUT2D eigenvalue weighted by atomic mass is 32.1. The summed E-state index contributed by atoms with van der Waals surface area (Å²) >= 11 is 3.87. The third kappa shape index (κ3) is 1.39. The number of aromatic nitrogens is 1. The van der Waals surface area contributed by atoms with Gasteiger partial charge < -0.3 is 4.98 Å². The molecule has 0 aromatic carbocycles. The molecule has 1 rings (SSSR count). The summed E-state index contributed by atoms with van der Waals surface area (Å²) in [5.41, 5.74) is 0.0257. The summed E-state index contributed by atoms with van der Waals surface area (Å²) in [5.74, 6) is 0.